The molecule has 0 bridgehead atoms. The number of piperidine rings is 1. The average molecular weight is 328 g/mol. The van der Waals surface area contributed by atoms with Crippen LogP contribution >= 0.6 is 11.8 Å². The highest BCUT2D eigenvalue weighted by Crippen LogP contribution is 2.35. The molecule has 1 aromatic rings. The third-order valence-electron chi connectivity index (χ3n) is 5.40. The summed E-state index contributed by atoms with van der Waals surface area (Å²) >= 11 is 1.84. The van der Waals surface area contributed by atoms with Gasteiger partial charge in [0.2, 0.25) is 0 Å². The second-order valence-electron chi connectivity index (χ2n) is 7.12. The largest absolute Gasteiger partial charge is 0.317 e. The average Bonchev–Trinajstić information content (AvgIpc) is 2.60. The number of allylic oxidation sites excluding steroid dienone is 2. The maximum Gasteiger partial charge on any atom is -0.00429 e. The molecule has 1 aliphatic heterocycles. The van der Waals surface area contributed by atoms with Crippen molar-refractivity contribution in [3.8, 4) is 0 Å². The Bertz CT molecular complexity index is 596. The maximum absolute atomic E-state index is 4.32. The van der Waals surface area contributed by atoms with Crippen LogP contribution in [0.1, 0.15) is 62.1 Å². The summed E-state index contributed by atoms with van der Waals surface area (Å²) in [5, 5.41) is 5.73. The predicted molar refractivity (Wildman–Crippen MR) is 104 cm³/mol. The van der Waals surface area contributed by atoms with Crippen LogP contribution < -0.4 is 5.32 Å². The van der Waals surface area contributed by atoms with Gasteiger partial charge in [0.1, 0.15) is 0 Å². The van der Waals surface area contributed by atoms with Crippen molar-refractivity contribution in [2.75, 3.05) is 13.1 Å². The summed E-state index contributed by atoms with van der Waals surface area (Å²) in [6, 6.07) is 7.08. The minimum absolute atomic E-state index is 0.675. The summed E-state index contributed by atoms with van der Waals surface area (Å²) in [5.41, 5.74) is 5.88. The van der Waals surface area contributed by atoms with Crippen LogP contribution in [-0.4, -0.2) is 13.1 Å². The molecule has 3 rings (SSSR count). The molecule has 1 fully saturated rings. The fraction of sp³-hybridized carbons (Fsp3) is 0.524. The van der Waals surface area contributed by atoms with E-state index in [-0.39, 0.29) is 0 Å². The molecule has 2 heteroatoms. The normalized spacial score (nSPS) is 22.7. The third-order valence-corrected chi connectivity index (χ3v) is 6.50. The first kappa shape index (κ1) is 16.9. The van der Waals surface area contributed by atoms with E-state index in [2.05, 4.69) is 49.4 Å². The standard InChI is InChI=1S/C21H29NS/c1-15-5-4-6-19-7-8-20(13-21(15)19)16(2)14-23-17(3)18-9-11-22-12-10-18/h7-8,13-15,18,22H,3-6,9-12H2,1-2H3/b16-14+/t15-/m0/s1. The van der Waals surface area contributed by atoms with Crippen molar-refractivity contribution in [2.24, 2.45) is 5.92 Å². The molecule has 0 unspecified atom stereocenters. The fourth-order valence-electron chi connectivity index (χ4n) is 3.75. The van der Waals surface area contributed by atoms with Crippen LogP contribution in [-0.2, 0) is 6.42 Å². The first-order chi connectivity index (χ1) is 11.1. The van der Waals surface area contributed by atoms with Gasteiger partial charge in [0.15, 0.2) is 0 Å². The fourth-order valence-corrected chi connectivity index (χ4v) is 4.65. The maximum atomic E-state index is 4.32. The highest BCUT2D eigenvalue weighted by molar-refractivity contribution is 8.06. The van der Waals surface area contributed by atoms with Crippen LogP contribution in [0.15, 0.2) is 35.1 Å². The molecule has 1 aromatic carbocycles. The predicted octanol–water partition coefficient (Wildman–Crippen LogP) is 5.73. The van der Waals surface area contributed by atoms with E-state index < -0.39 is 0 Å². The summed E-state index contributed by atoms with van der Waals surface area (Å²) in [5.74, 6) is 1.39. The number of hydrogen-bond donors (Lipinski definition) is 1. The Hall–Kier alpha value is -0.990. The third kappa shape index (κ3) is 4.10. The Balaban J connectivity index is 1.68. The van der Waals surface area contributed by atoms with E-state index in [1.54, 1.807) is 11.1 Å². The van der Waals surface area contributed by atoms with Gasteiger partial charge in [-0.25, -0.2) is 0 Å². The van der Waals surface area contributed by atoms with Crippen molar-refractivity contribution >= 4 is 17.3 Å². The Morgan fingerprint density at radius 3 is 2.83 bits per heavy atom. The zero-order valence-electron chi connectivity index (χ0n) is 14.5. The quantitative estimate of drug-likeness (QED) is 0.757. The zero-order valence-corrected chi connectivity index (χ0v) is 15.3. The Kier molecular flexibility index (Phi) is 5.66. The Morgan fingerprint density at radius 2 is 2.04 bits per heavy atom. The van der Waals surface area contributed by atoms with Crippen molar-refractivity contribution in [1.82, 2.24) is 5.32 Å². The zero-order chi connectivity index (χ0) is 16.2. The molecule has 1 N–H and O–H groups in total. The van der Waals surface area contributed by atoms with Crippen LogP contribution in [0, 0.1) is 5.92 Å². The molecule has 1 atom stereocenters. The van der Waals surface area contributed by atoms with Gasteiger partial charge in [0.25, 0.3) is 0 Å². The number of benzene rings is 1. The summed E-state index contributed by atoms with van der Waals surface area (Å²) in [6.45, 7) is 11.2. The smallest absolute Gasteiger partial charge is 0.00429 e. The molecular formula is C21H29NS. The van der Waals surface area contributed by atoms with Gasteiger partial charge >= 0.3 is 0 Å². The van der Waals surface area contributed by atoms with E-state index in [4.69, 9.17) is 0 Å². The number of fused-ring (bicyclic) bond motifs is 1. The van der Waals surface area contributed by atoms with Crippen LogP contribution in [0.25, 0.3) is 5.57 Å². The number of nitrogens with one attached hydrogen (secondary N) is 1. The van der Waals surface area contributed by atoms with E-state index in [0.717, 1.165) is 13.1 Å². The van der Waals surface area contributed by atoms with E-state index in [9.17, 15) is 0 Å². The van der Waals surface area contributed by atoms with Gasteiger partial charge in [-0.1, -0.05) is 31.7 Å². The molecule has 1 saturated heterocycles. The minimum Gasteiger partial charge on any atom is -0.317 e. The summed E-state index contributed by atoms with van der Waals surface area (Å²) in [4.78, 5) is 1.33. The Labute approximate surface area is 145 Å². The van der Waals surface area contributed by atoms with E-state index in [1.807, 2.05) is 11.8 Å². The van der Waals surface area contributed by atoms with E-state index >= 15 is 0 Å². The lowest BCUT2D eigenvalue weighted by molar-refractivity contribution is 0.433. The molecule has 1 nitrogen and oxygen atoms in total. The first-order valence-corrected chi connectivity index (χ1v) is 9.89. The van der Waals surface area contributed by atoms with Crippen LogP contribution in [0.3, 0.4) is 0 Å². The Morgan fingerprint density at radius 1 is 1.26 bits per heavy atom. The van der Waals surface area contributed by atoms with Gasteiger partial charge in [-0.2, -0.15) is 0 Å². The van der Waals surface area contributed by atoms with Crippen molar-refractivity contribution in [3.63, 3.8) is 0 Å². The summed E-state index contributed by atoms with van der Waals surface area (Å²) in [6.07, 6.45) is 6.39. The number of thioether (sulfide) groups is 1. The van der Waals surface area contributed by atoms with Crippen molar-refractivity contribution in [1.29, 1.82) is 0 Å². The van der Waals surface area contributed by atoms with Gasteiger partial charge in [-0.05, 0) is 96.5 Å². The molecule has 0 saturated carbocycles. The molecule has 1 heterocycles. The number of rotatable bonds is 4. The van der Waals surface area contributed by atoms with Gasteiger partial charge in [0, 0.05) is 0 Å². The van der Waals surface area contributed by atoms with Crippen LogP contribution in [0.5, 0.6) is 0 Å². The first-order valence-electron chi connectivity index (χ1n) is 9.01. The molecule has 0 spiro atoms. The molecule has 0 amide bonds. The molecule has 23 heavy (non-hydrogen) atoms. The van der Waals surface area contributed by atoms with Gasteiger partial charge in [-0.15, -0.1) is 11.8 Å². The number of hydrogen-bond acceptors (Lipinski definition) is 2. The van der Waals surface area contributed by atoms with Crippen molar-refractivity contribution in [2.45, 2.75) is 51.9 Å². The molecule has 1 aliphatic carbocycles. The lowest BCUT2D eigenvalue weighted by atomic mass is 9.82. The molecule has 124 valence electrons. The molecule has 0 aromatic heterocycles. The summed E-state index contributed by atoms with van der Waals surface area (Å²) < 4.78 is 0. The molecular weight excluding hydrogens is 298 g/mol. The molecule has 2 aliphatic rings. The van der Waals surface area contributed by atoms with Crippen molar-refractivity contribution < 1.29 is 0 Å². The van der Waals surface area contributed by atoms with E-state index in [1.165, 1.54) is 48.1 Å². The second-order valence-corrected chi connectivity index (χ2v) is 8.11. The second kappa shape index (κ2) is 7.72. The topological polar surface area (TPSA) is 12.0 Å². The lowest BCUT2D eigenvalue weighted by Gasteiger charge is -2.24. The van der Waals surface area contributed by atoms with Gasteiger partial charge < -0.3 is 5.32 Å². The van der Waals surface area contributed by atoms with Crippen LogP contribution in [0.2, 0.25) is 0 Å². The highest BCUT2D eigenvalue weighted by Gasteiger charge is 2.18. The van der Waals surface area contributed by atoms with Crippen LogP contribution in [0.4, 0.5) is 0 Å². The lowest BCUT2D eigenvalue weighted by Crippen LogP contribution is -2.27. The van der Waals surface area contributed by atoms with Gasteiger partial charge in [0.05, 0.1) is 0 Å². The summed E-state index contributed by atoms with van der Waals surface area (Å²) in [7, 11) is 0. The highest BCUT2D eigenvalue weighted by atomic mass is 32.2. The number of aryl methyl sites for hydroxylation is 1. The monoisotopic (exact) mass is 327 g/mol. The minimum atomic E-state index is 0.675. The SMILES string of the molecule is C=C(S/C=C(\C)c1ccc2c(c1)[C@@H](C)CCC2)C1CCNCC1. The van der Waals surface area contributed by atoms with E-state index in [0.29, 0.717) is 11.8 Å². The van der Waals surface area contributed by atoms with Gasteiger partial charge in [-0.3, -0.25) is 0 Å². The van der Waals surface area contributed by atoms with Crippen molar-refractivity contribution in [3.05, 3.63) is 51.8 Å². The molecule has 0 radical (unpaired) electrons.